The van der Waals surface area contributed by atoms with Crippen LogP contribution in [0.25, 0.3) is 0 Å². The first-order chi connectivity index (χ1) is 9.15. The van der Waals surface area contributed by atoms with Crippen LogP contribution in [0.15, 0.2) is 30.6 Å². The van der Waals surface area contributed by atoms with Gasteiger partial charge in [0.25, 0.3) is 5.91 Å². The standard InChI is InChI=1S/C13H15N3O3/c1-3-16-8-9(7-14-16)15-13(18)10-5-4-6-11(19-2)12(10)17/h4-8,17H,3H2,1-2H3,(H,15,18). The molecule has 2 rings (SSSR count). The Labute approximate surface area is 110 Å². The fourth-order valence-corrected chi connectivity index (χ4v) is 1.67. The Balaban J connectivity index is 2.20. The van der Waals surface area contributed by atoms with E-state index in [9.17, 15) is 9.90 Å². The number of hydrogen-bond donors (Lipinski definition) is 2. The Morgan fingerprint density at radius 3 is 2.95 bits per heavy atom. The van der Waals surface area contributed by atoms with Gasteiger partial charge in [0.15, 0.2) is 11.5 Å². The second-order valence-corrected chi connectivity index (χ2v) is 3.90. The van der Waals surface area contributed by atoms with Crippen molar-refractivity contribution in [2.45, 2.75) is 13.5 Å². The zero-order chi connectivity index (χ0) is 13.8. The number of ether oxygens (including phenoxy) is 1. The third-order valence-electron chi connectivity index (χ3n) is 2.68. The van der Waals surface area contributed by atoms with Crippen LogP contribution in [-0.4, -0.2) is 27.9 Å². The van der Waals surface area contributed by atoms with Crippen molar-refractivity contribution < 1.29 is 14.6 Å². The molecule has 1 heterocycles. The lowest BCUT2D eigenvalue weighted by atomic mass is 10.1. The van der Waals surface area contributed by atoms with Crippen molar-refractivity contribution >= 4 is 11.6 Å². The molecular formula is C13H15N3O3. The fourth-order valence-electron chi connectivity index (χ4n) is 1.67. The Bertz CT molecular complexity index is 593. The molecule has 0 aliphatic heterocycles. The summed E-state index contributed by atoms with van der Waals surface area (Å²) in [4.78, 5) is 12.0. The number of anilines is 1. The maximum Gasteiger partial charge on any atom is 0.259 e. The number of amides is 1. The molecule has 0 unspecified atom stereocenters. The number of aromatic nitrogens is 2. The van der Waals surface area contributed by atoms with Gasteiger partial charge in [0.2, 0.25) is 0 Å². The summed E-state index contributed by atoms with van der Waals surface area (Å²) in [5, 5.41) is 16.6. The summed E-state index contributed by atoms with van der Waals surface area (Å²) < 4.78 is 6.66. The van der Waals surface area contributed by atoms with Gasteiger partial charge < -0.3 is 15.2 Å². The van der Waals surface area contributed by atoms with Crippen molar-refractivity contribution in [1.82, 2.24) is 9.78 Å². The van der Waals surface area contributed by atoms with E-state index in [4.69, 9.17) is 4.74 Å². The van der Waals surface area contributed by atoms with E-state index in [0.29, 0.717) is 5.69 Å². The third-order valence-corrected chi connectivity index (χ3v) is 2.68. The number of benzene rings is 1. The van der Waals surface area contributed by atoms with Crippen molar-refractivity contribution in [2.24, 2.45) is 0 Å². The van der Waals surface area contributed by atoms with Crippen LogP contribution in [0.1, 0.15) is 17.3 Å². The molecule has 1 aromatic carbocycles. The molecule has 0 saturated heterocycles. The highest BCUT2D eigenvalue weighted by molar-refractivity contribution is 6.06. The third kappa shape index (κ3) is 2.67. The van der Waals surface area contributed by atoms with Gasteiger partial charge in [-0.3, -0.25) is 9.48 Å². The highest BCUT2D eigenvalue weighted by atomic mass is 16.5. The number of rotatable bonds is 4. The van der Waals surface area contributed by atoms with E-state index in [1.165, 1.54) is 13.2 Å². The molecule has 1 aromatic heterocycles. The molecule has 0 spiro atoms. The molecule has 6 heteroatoms. The molecule has 2 N–H and O–H groups in total. The minimum Gasteiger partial charge on any atom is -0.504 e. The number of hydrogen-bond acceptors (Lipinski definition) is 4. The maximum absolute atomic E-state index is 12.0. The summed E-state index contributed by atoms with van der Waals surface area (Å²) in [7, 11) is 1.43. The van der Waals surface area contributed by atoms with Gasteiger partial charge in [-0.2, -0.15) is 5.10 Å². The minimum atomic E-state index is -0.410. The second-order valence-electron chi connectivity index (χ2n) is 3.90. The number of carbonyl (C=O) groups excluding carboxylic acids is 1. The average molecular weight is 261 g/mol. The quantitative estimate of drug-likeness (QED) is 0.880. The molecule has 0 saturated carbocycles. The Hall–Kier alpha value is -2.50. The summed E-state index contributed by atoms with van der Waals surface area (Å²) in [6.45, 7) is 2.67. The minimum absolute atomic E-state index is 0.156. The predicted molar refractivity (Wildman–Crippen MR) is 70.5 cm³/mol. The van der Waals surface area contributed by atoms with Crippen LogP contribution in [-0.2, 0) is 6.54 Å². The average Bonchev–Trinajstić information content (AvgIpc) is 2.86. The summed E-state index contributed by atoms with van der Waals surface area (Å²) in [6.07, 6.45) is 3.27. The molecule has 0 bridgehead atoms. The SMILES string of the molecule is CCn1cc(NC(=O)c2cccc(OC)c2O)cn1. The smallest absolute Gasteiger partial charge is 0.259 e. The number of nitrogens with one attached hydrogen (secondary N) is 1. The van der Waals surface area contributed by atoms with Gasteiger partial charge >= 0.3 is 0 Å². The number of aryl methyl sites for hydroxylation is 1. The Morgan fingerprint density at radius 2 is 2.32 bits per heavy atom. The zero-order valence-electron chi connectivity index (χ0n) is 10.8. The molecule has 19 heavy (non-hydrogen) atoms. The number of phenolic OH excluding ortho intramolecular Hbond substituents is 1. The maximum atomic E-state index is 12.0. The molecule has 0 radical (unpaired) electrons. The van der Waals surface area contributed by atoms with Crippen LogP contribution in [0.4, 0.5) is 5.69 Å². The van der Waals surface area contributed by atoms with Crippen LogP contribution < -0.4 is 10.1 Å². The van der Waals surface area contributed by atoms with Gasteiger partial charge in [-0.15, -0.1) is 0 Å². The van der Waals surface area contributed by atoms with E-state index in [1.807, 2.05) is 6.92 Å². The molecule has 0 atom stereocenters. The number of carbonyl (C=O) groups is 1. The van der Waals surface area contributed by atoms with Crippen LogP contribution in [0, 0.1) is 0 Å². The monoisotopic (exact) mass is 261 g/mol. The molecule has 6 nitrogen and oxygen atoms in total. The van der Waals surface area contributed by atoms with E-state index in [2.05, 4.69) is 10.4 Å². The number of aromatic hydroxyl groups is 1. The molecule has 2 aromatic rings. The molecule has 100 valence electrons. The summed E-state index contributed by atoms with van der Waals surface area (Å²) in [5.74, 6) is -0.325. The summed E-state index contributed by atoms with van der Waals surface area (Å²) in [5.41, 5.74) is 0.734. The van der Waals surface area contributed by atoms with Crippen molar-refractivity contribution in [1.29, 1.82) is 0 Å². The van der Waals surface area contributed by atoms with Crippen molar-refractivity contribution in [3.05, 3.63) is 36.2 Å². The van der Waals surface area contributed by atoms with Crippen molar-refractivity contribution in [3.8, 4) is 11.5 Å². The highest BCUT2D eigenvalue weighted by Crippen LogP contribution is 2.29. The number of para-hydroxylation sites is 1. The number of nitrogens with zero attached hydrogens (tertiary/aromatic N) is 2. The first-order valence-electron chi connectivity index (χ1n) is 5.85. The topological polar surface area (TPSA) is 76.4 Å². The van der Waals surface area contributed by atoms with E-state index in [1.54, 1.807) is 29.2 Å². The van der Waals surface area contributed by atoms with Crippen molar-refractivity contribution in [3.63, 3.8) is 0 Å². The van der Waals surface area contributed by atoms with Gasteiger partial charge in [0.1, 0.15) is 0 Å². The lowest BCUT2D eigenvalue weighted by Crippen LogP contribution is -2.11. The summed E-state index contributed by atoms with van der Waals surface area (Å²) >= 11 is 0. The zero-order valence-corrected chi connectivity index (χ0v) is 10.8. The van der Waals surface area contributed by atoms with Gasteiger partial charge in [-0.05, 0) is 19.1 Å². The van der Waals surface area contributed by atoms with Crippen LogP contribution in [0.5, 0.6) is 11.5 Å². The molecule has 0 aliphatic carbocycles. The lowest BCUT2D eigenvalue weighted by molar-refractivity contribution is 0.102. The Kier molecular flexibility index (Phi) is 3.70. The normalized spacial score (nSPS) is 10.2. The highest BCUT2D eigenvalue weighted by Gasteiger charge is 2.15. The largest absolute Gasteiger partial charge is 0.504 e. The molecular weight excluding hydrogens is 246 g/mol. The lowest BCUT2D eigenvalue weighted by Gasteiger charge is -2.08. The van der Waals surface area contributed by atoms with E-state index in [-0.39, 0.29) is 17.1 Å². The summed E-state index contributed by atoms with van der Waals surface area (Å²) in [6, 6.07) is 4.75. The van der Waals surface area contributed by atoms with Gasteiger partial charge in [-0.1, -0.05) is 6.07 Å². The van der Waals surface area contributed by atoms with E-state index < -0.39 is 5.91 Å². The van der Waals surface area contributed by atoms with Crippen LogP contribution >= 0.6 is 0 Å². The van der Waals surface area contributed by atoms with Crippen LogP contribution in [0.3, 0.4) is 0 Å². The van der Waals surface area contributed by atoms with Crippen molar-refractivity contribution in [2.75, 3.05) is 12.4 Å². The Morgan fingerprint density at radius 1 is 1.53 bits per heavy atom. The predicted octanol–water partition coefficient (Wildman–Crippen LogP) is 1.87. The molecule has 0 fully saturated rings. The van der Waals surface area contributed by atoms with Crippen LogP contribution in [0.2, 0.25) is 0 Å². The fraction of sp³-hybridized carbons (Fsp3) is 0.231. The first-order valence-corrected chi connectivity index (χ1v) is 5.85. The van der Waals surface area contributed by atoms with Gasteiger partial charge in [0, 0.05) is 12.7 Å². The van der Waals surface area contributed by atoms with E-state index >= 15 is 0 Å². The van der Waals surface area contributed by atoms with E-state index in [0.717, 1.165) is 6.54 Å². The number of methoxy groups -OCH3 is 1. The molecule has 0 aliphatic rings. The number of phenols is 1. The van der Waals surface area contributed by atoms with Gasteiger partial charge in [0.05, 0.1) is 24.6 Å². The van der Waals surface area contributed by atoms with Gasteiger partial charge in [-0.25, -0.2) is 0 Å². The molecule has 1 amide bonds. The second kappa shape index (κ2) is 5.43. The first kappa shape index (κ1) is 12.9.